The normalized spacial score (nSPS) is 11.3. The Morgan fingerprint density at radius 2 is 1.54 bits per heavy atom. The van der Waals surface area contributed by atoms with E-state index >= 15 is 0 Å². The fraction of sp³-hybridized carbons (Fsp3) is 0.0625. The quantitative estimate of drug-likeness (QED) is 0.587. The number of halogens is 2. The topological polar surface area (TPSA) is 78.9 Å². The van der Waals surface area contributed by atoms with Crippen LogP contribution in [0, 0.1) is 0 Å². The zero-order chi connectivity index (χ0) is 16.8. The van der Waals surface area contributed by atoms with Crippen LogP contribution in [-0.2, 0) is 0 Å². The van der Waals surface area contributed by atoms with E-state index in [4.69, 9.17) is 33.7 Å². The summed E-state index contributed by atoms with van der Waals surface area (Å²) >= 11 is 12.4. The summed E-state index contributed by atoms with van der Waals surface area (Å²) in [5.74, 6) is 1.01. The lowest BCUT2D eigenvalue weighted by Gasteiger charge is -2.06. The van der Waals surface area contributed by atoms with E-state index in [9.17, 15) is 0 Å². The number of fused-ring (bicyclic) bond motifs is 2. The summed E-state index contributed by atoms with van der Waals surface area (Å²) in [5.41, 5.74) is 8.78. The van der Waals surface area contributed by atoms with E-state index in [0.717, 1.165) is 11.4 Å². The van der Waals surface area contributed by atoms with Crippen LogP contribution in [0.1, 0.15) is 0 Å². The first kappa shape index (κ1) is 15.0. The summed E-state index contributed by atoms with van der Waals surface area (Å²) in [6.45, 7) is 0. The molecule has 2 aromatic carbocycles. The van der Waals surface area contributed by atoms with E-state index in [0.29, 0.717) is 32.2 Å². The molecule has 2 heterocycles. The zero-order valence-corrected chi connectivity index (χ0v) is 14.0. The monoisotopic (exact) mass is 359 g/mol. The molecule has 0 saturated carbocycles. The van der Waals surface area contributed by atoms with Gasteiger partial charge in [0.05, 0.1) is 22.8 Å². The number of benzene rings is 2. The zero-order valence-electron chi connectivity index (χ0n) is 12.5. The average Bonchev–Trinajstić information content (AvgIpc) is 2.93. The van der Waals surface area contributed by atoms with Crippen molar-refractivity contribution in [2.24, 2.45) is 0 Å². The van der Waals surface area contributed by atoms with Crippen LogP contribution >= 0.6 is 23.2 Å². The van der Waals surface area contributed by atoms with Gasteiger partial charge in [0.2, 0.25) is 0 Å². The predicted molar refractivity (Wildman–Crippen MR) is 95.2 cm³/mol. The Labute approximate surface area is 146 Å². The number of rotatable bonds is 2. The SMILES string of the molecule is COc1ccc(-n2nc(N)c3nc4c(Cl)ccc(Cl)c4nc32)cc1. The maximum atomic E-state index is 6.24. The van der Waals surface area contributed by atoms with E-state index in [1.54, 1.807) is 23.9 Å². The second kappa shape index (κ2) is 5.51. The van der Waals surface area contributed by atoms with Gasteiger partial charge in [-0.25, -0.2) is 14.6 Å². The molecule has 0 aliphatic carbocycles. The van der Waals surface area contributed by atoms with Crippen LogP contribution in [0.15, 0.2) is 36.4 Å². The first-order valence-corrected chi connectivity index (χ1v) is 7.78. The summed E-state index contributed by atoms with van der Waals surface area (Å²) in [6.07, 6.45) is 0. The number of ether oxygens (including phenoxy) is 1. The number of nitrogens with zero attached hydrogens (tertiary/aromatic N) is 4. The summed E-state index contributed by atoms with van der Waals surface area (Å²) in [5, 5.41) is 5.26. The Kier molecular flexibility index (Phi) is 3.44. The molecule has 0 aliphatic heterocycles. The summed E-state index contributed by atoms with van der Waals surface area (Å²) < 4.78 is 6.79. The van der Waals surface area contributed by atoms with E-state index in [1.165, 1.54) is 0 Å². The summed E-state index contributed by atoms with van der Waals surface area (Å²) in [6, 6.07) is 10.7. The van der Waals surface area contributed by atoms with Crippen LogP contribution in [-0.4, -0.2) is 26.9 Å². The maximum Gasteiger partial charge on any atom is 0.184 e. The molecule has 2 N–H and O–H groups in total. The minimum atomic E-state index is 0.270. The Morgan fingerprint density at radius 3 is 2.17 bits per heavy atom. The fourth-order valence-corrected chi connectivity index (χ4v) is 2.88. The molecule has 0 unspecified atom stereocenters. The minimum absolute atomic E-state index is 0.270. The summed E-state index contributed by atoms with van der Waals surface area (Å²) in [7, 11) is 1.61. The van der Waals surface area contributed by atoms with Gasteiger partial charge in [0.1, 0.15) is 16.8 Å². The van der Waals surface area contributed by atoms with Gasteiger partial charge < -0.3 is 10.5 Å². The van der Waals surface area contributed by atoms with E-state index in [2.05, 4.69) is 15.1 Å². The van der Waals surface area contributed by atoms with Crippen LogP contribution in [0.2, 0.25) is 10.0 Å². The lowest BCUT2D eigenvalue weighted by molar-refractivity contribution is 0.414. The molecule has 6 nitrogen and oxygen atoms in total. The molecule has 0 radical (unpaired) electrons. The molecular formula is C16H11Cl2N5O. The van der Waals surface area contributed by atoms with E-state index in [-0.39, 0.29) is 5.82 Å². The molecule has 0 bridgehead atoms. The number of hydrogen-bond donors (Lipinski definition) is 1. The average molecular weight is 360 g/mol. The molecule has 0 fully saturated rings. The van der Waals surface area contributed by atoms with Gasteiger partial charge in [-0.05, 0) is 36.4 Å². The van der Waals surface area contributed by atoms with Gasteiger partial charge in [-0.2, -0.15) is 0 Å². The number of nitrogens with two attached hydrogens (primary N) is 1. The number of anilines is 1. The van der Waals surface area contributed by atoms with Crippen molar-refractivity contribution in [3.8, 4) is 11.4 Å². The molecule has 0 aliphatic rings. The Hall–Kier alpha value is -2.57. The molecule has 0 atom stereocenters. The van der Waals surface area contributed by atoms with Crippen molar-refractivity contribution in [2.75, 3.05) is 12.8 Å². The fourth-order valence-electron chi connectivity index (χ4n) is 2.49. The molecule has 0 spiro atoms. The van der Waals surface area contributed by atoms with E-state index in [1.807, 2.05) is 24.3 Å². The molecule has 8 heteroatoms. The van der Waals surface area contributed by atoms with Gasteiger partial charge in [0, 0.05) is 0 Å². The molecule has 0 saturated heterocycles. The second-order valence-corrected chi connectivity index (χ2v) is 5.93. The third-order valence-corrected chi connectivity index (χ3v) is 4.28. The molecule has 4 aromatic rings. The smallest absolute Gasteiger partial charge is 0.184 e. The molecule has 120 valence electrons. The third kappa shape index (κ3) is 2.23. The number of hydrogen-bond acceptors (Lipinski definition) is 5. The second-order valence-electron chi connectivity index (χ2n) is 5.12. The molecule has 0 amide bonds. The highest BCUT2D eigenvalue weighted by atomic mass is 35.5. The van der Waals surface area contributed by atoms with Crippen LogP contribution < -0.4 is 10.5 Å². The van der Waals surface area contributed by atoms with Gasteiger partial charge in [-0.3, -0.25) is 0 Å². The predicted octanol–water partition coefficient (Wildman–Crippen LogP) is 3.87. The Bertz CT molecular complexity index is 1080. The lowest BCUT2D eigenvalue weighted by atomic mass is 10.3. The highest BCUT2D eigenvalue weighted by molar-refractivity contribution is 6.39. The number of aromatic nitrogens is 4. The van der Waals surface area contributed by atoms with Crippen molar-refractivity contribution in [1.82, 2.24) is 19.7 Å². The van der Waals surface area contributed by atoms with Crippen LogP contribution in [0.25, 0.3) is 27.9 Å². The maximum absolute atomic E-state index is 6.24. The van der Waals surface area contributed by atoms with Crippen molar-refractivity contribution in [3.63, 3.8) is 0 Å². The minimum Gasteiger partial charge on any atom is -0.497 e. The van der Waals surface area contributed by atoms with Crippen LogP contribution in [0.3, 0.4) is 0 Å². The van der Waals surface area contributed by atoms with Crippen molar-refractivity contribution in [1.29, 1.82) is 0 Å². The Morgan fingerprint density at radius 1 is 0.917 bits per heavy atom. The Balaban J connectivity index is 2.03. The van der Waals surface area contributed by atoms with Gasteiger partial charge >= 0.3 is 0 Å². The van der Waals surface area contributed by atoms with E-state index < -0.39 is 0 Å². The van der Waals surface area contributed by atoms with Crippen molar-refractivity contribution >= 4 is 51.2 Å². The van der Waals surface area contributed by atoms with Crippen molar-refractivity contribution in [3.05, 3.63) is 46.4 Å². The summed E-state index contributed by atoms with van der Waals surface area (Å²) in [4.78, 5) is 9.09. The van der Waals surface area contributed by atoms with Crippen molar-refractivity contribution in [2.45, 2.75) is 0 Å². The molecule has 2 aromatic heterocycles. The molecule has 4 rings (SSSR count). The molecular weight excluding hydrogens is 349 g/mol. The first-order valence-electron chi connectivity index (χ1n) is 7.03. The highest BCUT2D eigenvalue weighted by Crippen LogP contribution is 2.31. The highest BCUT2D eigenvalue weighted by Gasteiger charge is 2.16. The lowest BCUT2D eigenvalue weighted by Crippen LogP contribution is -1.99. The van der Waals surface area contributed by atoms with Gasteiger partial charge in [0.25, 0.3) is 0 Å². The van der Waals surface area contributed by atoms with Gasteiger partial charge in [-0.15, -0.1) is 5.10 Å². The molecule has 24 heavy (non-hydrogen) atoms. The third-order valence-electron chi connectivity index (χ3n) is 3.67. The number of nitrogen functional groups attached to an aromatic ring is 1. The largest absolute Gasteiger partial charge is 0.497 e. The van der Waals surface area contributed by atoms with Crippen LogP contribution in [0.5, 0.6) is 5.75 Å². The van der Waals surface area contributed by atoms with Crippen LogP contribution in [0.4, 0.5) is 5.82 Å². The van der Waals surface area contributed by atoms with Crippen molar-refractivity contribution < 1.29 is 4.74 Å². The number of methoxy groups -OCH3 is 1. The first-order chi connectivity index (χ1) is 11.6. The van der Waals surface area contributed by atoms with Gasteiger partial charge in [-0.1, -0.05) is 23.2 Å². The standard InChI is InChI=1S/C16H11Cl2N5O/c1-24-9-4-2-8(3-5-9)23-16-14(15(19)22-23)20-12-10(17)6-7-11(18)13(12)21-16/h2-7H,1H3,(H2,19,22). The van der Waals surface area contributed by atoms with Gasteiger partial charge in [0.15, 0.2) is 17.0 Å².